The van der Waals surface area contributed by atoms with E-state index in [0.717, 1.165) is 5.56 Å². The van der Waals surface area contributed by atoms with Gasteiger partial charge in [-0.15, -0.1) is 0 Å². The van der Waals surface area contributed by atoms with Gasteiger partial charge < -0.3 is 14.7 Å². The molecule has 0 saturated heterocycles. The van der Waals surface area contributed by atoms with Crippen molar-refractivity contribution in [1.82, 2.24) is 14.9 Å². The number of aliphatic hydroxyl groups is 1. The minimum atomic E-state index is -0.879. The molecule has 3 aromatic rings. The molecule has 27 heavy (non-hydrogen) atoms. The molecule has 0 aliphatic carbocycles. The predicted molar refractivity (Wildman–Crippen MR) is 101 cm³/mol. The Labute approximate surface area is 161 Å². The number of amides is 1. The molecule has 0 bridgehead atoms. The number of rotatable bonds is 2. The highest BCUT2D eigenvalue weighted by Gasteiger charge is 2.28. The zero-order valence-electron chi connectivity index (χ0n) is 14.7. The maximum Gasteiger partial charge on any atom is 0.253 e. The number of carbonyl (C=O) groups excluding carboxylic acids is 1. The molecule has 1 atom stereocenters. The zero-order valence-corrected chi connectivity index (χ0v) is 15.4. The SMILES string of the molecule is CN(C)C(=O)c1ccc(-c2ccc3c(n2)Oc2nc(Cl)ccc2C3O)cc1. The van der Waals surface area contributed by atoms with E-state index in [1.165, 1.54) is 4.90 Å². The van der Waals surface area contributed by atoms with Gasteiger partial charge in [0, 0.05) is 36.3 Å². The fraction of sp³-hybridized carbons (Fsp3) is 0.150. The Morgan fingerprint density at radius 3 is 2.30 bits per heavy atom. The van der Waals surface area contributed by atoms with Crippen LogP contribution < -0.4 is 4.74 Å². The van der Waals surface area contributed by atoms with Crippen LogP contribution in [0.3, 0.4) is 0 Å². The number of hydrogen-bond acceptors (Lipinski definition) is 5. The molecule has 6 nitrogen and oxygen atoms in total. The lowest BCUT2D eigenvalue weighted by atomic mass is 10.0. The van der Waals surface area contributed by atoms with Gasteiger partial charge >= 0.3 is 0 Å². The van der Waals surface area contributed by atoms with Gasteiger partial charge in [0.25, 0.3) is 5.91 Å². The lowest BCUT2D eigenvalue weighted by Gasteiger charge is -2.23. The number of hydrogen-bond donors (Lipinski definition) is 1. The normalized spacial score (nSPS) is 14.7. The molecular weight excluding hydrogens is 366 g/mol. The van der Waals surface area contributed by atoms with Crippen LogP contribution in [0.5, 0.6) is 11.8 Å². The van der Waals surface area contributed by atoms with E-state index < -0.39 is 6.10 Å². The lowest BCUT2D eigenvalue weighted by molar-refractivity contribution is 0.0827. The Morgan fingerprint density at radius 2 is 1.63 bits per heavy atom. The Balaban J connectivity index is 1.68. The van der Waals surface area contributed by atoms with E-state index >= 15 is 0 Å². The highest BCUT2D eigenvalue weighted by Crippen LogP contribution is 2.42. The van der Waals surface area contributed by atoms with E-state index in [0.29, 0.717) is 22.4 Å². The van der Waals surface area contributed by atoms with E-state index in [-0.39, 0.29) is 22.8 Å². The maximum absolute atomic E-state index is 12.0. The number of nitrogens with zero attached hydrogens (tertiary/aromatic N) is 3. The number of benzene rings is 1. The molecule has 1 aliphatic heterocycles. The molecule has 1 aliphatic rings. The third-order valence-corrected chi connectivity index (χ3v) is 4.57. The largest absolute Gasteiger partial charge is 0.420 e. The summed E-state index contributed by atoms with van der Waals surface area (Å²) in [6.45, 7) is 0. The summed E-state index contributed by atoms with van der Waals surface area (Å²) in [5.74, 6) is 0.473. The first-order valence-electron chi connectivity index (χ1n) is 8.29. The van der Waals surface area contributed by atoms with Crippen LogP contribution in [0.1, 0.15) is 27.6 Å². The van der Waals surface area contributed by atoms with Crippen LogP contribution in [0.15, 0.2) is 48.5 Å². The average Bonchev–Trinajstić information content (AvgIpc) is 2.67. The topological polar surface area (TPSA) is 75.6 Å². The summed E-state index contributed by atoms with van der Waals surface area (Å²) in [5, 5.41) is 10.8. The molecule has 4 rings (SSSR count). The van der Waals surface area contributed by atoms with Gasteiger partial charge in [-0.05, 0) is 36.4 Å². The second kappa shape index (κ2) is 6.64. The van der Waals surface area contributed by atoms with Crippen LogP contribution in [-0.2, 0) is 0 Å². The summed E-state index contributed by atoms with van der Waals surface area (Å²) < 4.78 is 5.76. The van der Waals surface area contributed by atoms with Crippen LogP contribution in [-0.4, -0.2) is 40.0 Å². The van der Waals surface area contributed by atoms with Gasteiger partial charge in [0.1, 0.15) is 11.3 Å². The van der Waals surface area contributed by atoms with E-state index in [9.17, 15) is 9.90 Å². The zero-order chi connectivity index (χ0) is 19.1. The Morgan fingerprint density at radius 1 is 1.00 bits per heavy atom. The summed E-state index contributed by atoms with van der Waals surface area (Å²) in [5.41, 5.74) is 3.20. The van der Waals surface area contributed by atoms with Gasteiger partial charge in [-0.25, -0.2) is 9.97 Å². The molecule has 3 heterocycles. The fourth-order valence-electron chi connectivity index (χ4n) is 2.92. The quantitative estimate of drug-likeness (QED) is 0.685. The molecule has 7 heteroatoms. The summed E-state index contributed by atoms with van der Waals surface area (Å²) in [4.78, 5) is 22.2. The van der Waals surface area contributed by atoms with Crippen molar-refractivity contribution in [2.75, 3.05) is 14.1 Å². The third-order valence-electron chi connectivity index (χ3n) is 4.36. The van der Waals surface area contributed by atoms with Gasteiger partial charge in [-0.2, -0.15) is 0 Å². The van der Waals surface area contributed by atoms with Gasteiger partial charge in [0.05, 0.1) is 5.69 Å². The molecule has 1 unspecified atom stereocenters. The summed E-state index contributed by atoms with van der Waals surface area (Å²) in [6, 6.07) is 14.0. The number of pyridine rings is 2. The van der Waals surface area contributed by atoms with Gasteiger partial charge in [-0.1, -0.05) is 23.7 Å². The Hall–Kier alpha value is -2.96. The van der Waals surface area contributed by atoms with Crippen LogP contribution in [0, 0.1) is 0 Å². The molecule has 0 radical (unpaired) electrons. The molecule has 1 N–H and O–H groups in total. The molecule has 136 valence electrons. The van der Waals surface area contributed by atoms with Crippen molar-refractivity contribution in [1.29, 1.82) is 0 Å². The van der Waals surface area contributed by atoms with E-state index in [4.69, 9.17) is 16.3 Å². The standard InChI is InChI=1S/C20H16ClN3O3/c1-24(2)20(26)12-5-3-11(4-6-12)15-9-7-13-17(25)14-8-10-16(21)23-19(14)27-18(13)22-15/h3-10,17,25H,1-2H3. The molecule has 0 saturated carbocycles. The molecular formula is C20H16ClN3O3. The van der Waals surface area contributed by atoms with Crippen molar-refractivity contribution < 1.29 is 14.6 Å². The lowest BCUT2D eigenvalue weighted by Crippen LogP contribution is -2.21. The number of aromatic nitrogens is 2. The van der Waals surface area contributed by atoms with Gasteiger partial charge in [0.15, 0.2) is 0 Å². The van der Waals surface area contributed by atoms with Crippen LogP contribution in [0.4, 0.5) is 0 Å². The van der Waals surface area contributed by atoms with Crippen LogP contribution in [0.2, 0.25) is 5.15 Å². The highest BCUT2D eigenvalue weighted by molar-refractivity contribution is 6.29. The fourth-order valence-corrected chi connectivity index (χ4v) is 3.06. The van der Waals surface area contributed by atoms with Crippen molar-refractivity contribution in [3.05, 3.63) is 70.4 Å². The van der Waals surface area contributed by atoms with Crippen LogP contribution in [0.25, 0.3) is 11.3 Å². The van der Waals surface area contributed by atoms with Crippen molar-refractivity contribution in [3.63, 3.8) is 0 Å². The Bertz CT molecular complexity index is 1040. The number of carbonyl (C=O) groups is 1. The minimum Gasteiger partial charge on any atom is -0.420 e. The second-order valence-electron chi connectivity index (χ2n) is 6.40. The smallest absolute Gasteiger partial charge is 0.253 e. The molecule has 0 spiro atoms. The predicted octanol–water partition coefficient (Wildman–Crippen LogP) is 3.69. The number of halogens is 1. The van der Waals surface area contributed by atoms with Crippen molar-refractivity contribution in [3.8, 4) is 23.0 Å². The van der Waals surface area contributed by atoms with E-state index in [1.54, 1.807) is 44.4 Å². The van der Waals surface area contributed by atoms with Crippen molar-refractivity contribution >= 4 is 17.5 Å². The van der Waals surface area contributed by atoms with Crippen molar-refractivity contribution in [2.24, 2.45) is 0 Å². The number of fused-ring (bicyclic) bond motifs is 2. The highest BCUT2D eigenvalue weighted by atomic mass is 35.5. The van der Waals surface area contributed by atoms with Crippen LogP contribution >= 0.6 is 11.6 Å². The van der Waals surface area contributed by atoms with Crippen molar-refractivity contribution in [2.45, 2.75) is 6.10 Å². The molecule has 0 fully saturated rings. The van der Waals surface area contributed by atoms with E-state index in [2.05, 4.69) is 9.97 Å². The van der Waals surface area contributed by atoms with Gasteiger partial charge in [0.2, 0.25) is 11.8 Å². The first-order valence-corrected chi connectivity index (χ1v) is 8.67. The van der Waals surface area contributed by atoms with Gasteiger partial charge in [-0.3, -0.25) is 4.79 Å². The summed E-state index contributed by atoms with van der Waals surface area (Å²) in [7, 11) is 3.42. The monoisotopic (exact) mass is 381 g/mol. The second-order valence-corrected chi connectivity index (χ2v) is 6.79. The molecule has 2 aromatic heterocycles. The summed E-state index contributed by atoms with van der Waals surface area (Å²) >= 11 is 5.92. The summed E-state index contributed by atoms with van der Waals surface area (Å²) in [6.07, 6.45) is -0.879. The first-order chi connectivity index (χ1) is 12.9. The number of aliphatic hydroxyl groups excluding tert-OH is 1. The maximum atomic E-state index is 12.0. The molecule has 1 aromatic carbocycles. The Kier molecular flexibility index (Phi) is 4.30. The first kappa shape index (κ1) is 17.5. The minimum absolute atomic E-state index is 0.0639. The average molecular weight is 382 g/mol. The number of ether oxygens (including phenoxy) is 1. The van der Waals surface area contributed by atoms with E-state index in [1.807, 2.05) is 18.2 Å². The third kappa shape index (κ3) is 3.13. The molecule has 1 amide bonds.